The third-order valence-corrected chi connectivity index (χ3v) is 4.17. The maximum absolute atomic E-state index is 5.20. The Labute approximate surface area is 171 Å². The van der Waals surface area contributed by atoms with Crippen molar-refractivity contribution in [2.24, 2.45) is 4.99 Å². The zero-order chi connectivity index (χ0) is 17.6. The van der Waals surface area contributed by atoms with Crippen LogP contribution in [0.5, 0.6) is 5.75 Å². The first-order valence-corrected chi connectivity index (χ1v) is 8.31. The third kappa shape index (κ3) is 4.91. The highest BCUT2D eigenvalue weighted by Gasteiger charge is 2.08. The molecule has 0 aliphatic rings. The largest absolute Gasteiger partial charge is 0.497 e. The lowest BCUT2D eigenvalue weighted by molar-refractivity contribution is 0.414. The molecule has 3 rings (SSSR count). The van der Waals surface area contributed by atoms with Crippen LogP contribution in [0.25, 0.3) is 10.9 Å². The molecule has 0 fully saturated rings. The van der Waals surface area contributed by atoms with Gasteiger partial charge in [0.15, 0.2) is 5.96 Å². The number of H-pyrrole nitrogens is 1. The van der Waals surface area contributed by atoms with Crippen molar-refractivity contribution in [2.75, 3.05) is 21.2 Å². The van der Waals surface area contributed by atoms with E-state index in [1.54, 1.807) is 14.2 Å². The lowest BCUT2D eigenvalue weighted by Crippen LogP contribution is -2.38. The maximum atomic E-state index is 5.20. The molecule has 0 unspecified atom stereocenters. The van der Waals surface area contributed by atoms with Crippen molar-refractivity contribution in [1.29, 1.82) is 0 Å². The summed E-state index contributed by atoms with van der Waals surface area (Å²) in [7, 11) is 5.51. The molecule has 2 N–H and O–H groups in total. The molecule has 0 aliphatic heterocycles. The van der Waals surface area contributed by atoms with Gasteiger partial charge in [-0.1, -0.05) is 30.3 Å². The highest BCUT2D eigenvalue weighted by Crippen LogP contribution is 2.15. The molecule has 0 saturated heterocycles. The Morgan fingerprint density at radius 3 is 2.54 bits per heavy atom. The van der Waals surface area contributed by atoms with E-state index in [0.717, 1.165) is 29.5 Å². The summed E-state index contributed by atoms with van der Waals surface area (Å²) in [6, 6.07) is 18.5. The van der Waals surface area contributed by atoms with E-state index in [1.165, 1.54) is 10.9 Å². The normalized spacial score (nSPS) is 11.1. The minimum Gasteiger partial charge on any atom is -0.497 e. The van der Waals surface area contributed by atoms with E-state index < -0.39 is 0 Å². The zero-order valence-corrected chi connectivity index (χ0v) is 17.7. The van der Waals surface area contributed by atoms with Gasteiger partial charge in [-0.15, -0.1) is 24.0 Å². The van der Waals surface area contributed by atoms with Crippen molar-refractivity contribution in [3.05, 3.63) is 65.9 Å². The number of hydrogen-bond donors (Lipinski definition) is 2. The number of benzene rings is 2. The molecule has 138 valence electrons. The predicted octanol–water partition coefficient (Wildman–Crippen LogP) is 4.00. The van der Waals surface area contributed by atoms with Crippen molar-refractivity contribution in [1.82, 2.24) is 15.2 Å². The van der Waals surface area contributed by atoms with Gasteiger partial charge in [0.2, 0.25) is 0 Å². The molecule has 0 aliphatic carbocycles. The van der Waals surface area contributed by atoms with E-state index in [-0.39, 0.29) is 24.0 Å². The quantitative estimate of drug-likeness (QED) is 0.341. The standard InChI is InChI=1S/C20H24N4O.HI/c1-21-20(24(2)14-15-8-10-18(25-3)11-9-15)22-13-17-12-16-6-4-5-7-19(16)23-17;/h4-12,23H,13-14H2,1-3H3,(H,21,22);1H. The van der Waals surface area contributed by atoms with Gasteiger partial charge in [0, 0.05) is 31.9 Å². The summed E-state index contributed by atoms with van der Waals surface area (Å²) in [5.74, 6) is 1.72. The number of nitrogens with one attached hydrogen (secondary N) is 2. The van der Waals surface area contributed by atoms with E-state index in [2.05, 4.69) is 56.6 Å². The Morgan fingerprint density at radius 2 is 1.88 bits per heavy atom. The molecule has 0 radical (unpaired) electrons. The molecule has 3 aromatic rings. The van der Waals surface area contributed by atoms with Crippen LogP contribution in [0, 0.1) is 0 Å². The van der Waals surface area contributed by atoms with Gasteiger partial charge >= 0.3 is 0 Å². The Kier molecular flexibility index (Phi) is 7.32. The first-order chi connectivity index (χ1) is 12.2. The van der Waals surface area contributed by atoms with Crippen molar-refractivity contribution < 1.29 is 4.74 Å². The van der Waals surface area contributed by atoms with Crippen LogP contribution in [0.2, 0.25) is 0 Å². The van der Waals surface area contributed by atoms with E-state index >= 15 is 0 Å². The van der Waals surface area contributed by atoms with Crippen LogP contribution < -0.4 is 10.1 Å². The summed E-state index contributed by atoms with van der Waals surface area (Å²) < 4.78 is 5.20. The summed E-state index contributed by atoms with van der Waals surface area (Å²) in [5.41, 5.74) is 3.50. The number of hydrogen-bond acceptors (Lipinski definition) is 2. The molecule has 0 atom stereocenters. The van der Waals surface area contributed by atoms with Gasteiger partial charge < -0.3 is 19.9 Å². The summed E-state index contributed by atoms with van der Waals surface area (Å²) in [6.07, 6.45) is 0. The second kappa shape index (κ2) is 9.47. The number of rotatable bonds is 5. The van der Waals surface area contributed by atoms with Gasteiger partial charge in [0.25, 0.3) is 0 Å². The molecule has 6 heteroatoms. The minimum absolute atomic E-state index is 0. The van der Waals surface area contributed by atoms with E-state index in [1.807, 2.05) is 25.2 Å². The molecule has 26 heavy (non-hydrogen) atoms. The number of aromatic nitrogens is 1. The second-order valence-electron chi connectivity index (χ2n) is 5.99. The van der Waals surface area contributed by atoms with Gasteiger partial charge in [-0.25, -0.2) is 0 Å². The van der Waals surface area contributed by atoms with Crippen LogP contribution in [-0.4, -0.2) is 37.0 Å². The van der Waals surface area contributed by atoms with Crippen LogP contribution in [0.3, 0.4) is 0 Å². The molecule has 1 heterocycles. The highest BCUT2D eigenvalue weighted by molar-refractivity contribution is 14.0. The lowest BCUT2D eigenvalue weighted by atomic mass is 10.2. The Morgan fingerprint density at radius 1 is 1.15 bits per heavy atom. The topological polar surface area (TPSA) is 52.7 Å². The van der Waals surface area contributed by atoms with Crippen molar-refractivity contribution in [3.63, 3.8) is 0 Å². The first-order valence-electron chi connectivity index (χ1n) is 8.31. The van der Waals surface area contributed by atoms with Crippen LogP contribution in [-0.2, 0) is 13.1 Å². The molecular formula is C20H25IN4O. The molecule has 0 spiro atoms. The Hall–Kier alpha value is -2.22. The number of guanidine groups is 1. The maximum Gasteiger partial charge on any atom is 0.194 e. The van der Waals surface area contributed by atoms with Crippen LogP contribution in [0.1, 0.15) is 11.3 Å². The molecule has 2 aromatic carbocycles. The van der Waals surface area contributed by atoms with E-state index in [0.29, 0.717) is 6.54 Å². The number of ether oxygens (including phenoxy) is 1. The van der Waals surface area contributed by atoms with Crippen LogP contribution >= 0.6 is 24.0 Å². The summed E-state index contributed by atoms with van der Waals surface area (Å²) in [5, 5.41) is 4.63. The van der Waals surface area contributed by atoms with Gasteiger partial charge in [0.05, 0.1) is 13.7 Å². The van der Waals surface area contributed by atoms with Crippen LogP contribution in [0.15, 0.2) is 59.6 Å². The molecule has 0 bridgehead atoms. The van der Waals surface area contributed by atoms with Gasteiger partial charge in [0.1, 0.15) is 5.75 Å². The fourth-order valence-corrected chi connectivity index (χ4v) is 2.87. The van der Waals surface area contributed by atoms with Gasteiger partial charge in [-0.05, 0) is 35.2 Å². The molecule has 5 nitrogen and oxygen atoms in total. The average molecular weight is 464 g/mol. The smallest absolute Gasteiger partial charge is 0.194 e. The number of nitrogens with zero attached hydrogens (tertiary/aromatic N) is 2. The summed E-state index contributed by atoms with van der Waals surface area (Å²) in [4.78, 5) is 9.91. The number of fused-ring (bicyclic) bond motifs is 1. The van der Waals surface area contributed by atoms with Gasteiger partial charge in [-0.3, -0.25) is 4.99 Å². The lowest BCUT2D eigenvalue weighted by Gasteiger charge is -2.22. The zero-order valence-electron chi connectivity index (χ0n) is 15.3. The fraction of sp³-hybridized carbons (Fsp3) is 0.250. The third-order valence-electron chi connectivity index (χ3n) is 4.17. The molecule has 1 aromatic heterocycles. The van der Waals surface area contributed by atoms with Crippen LogP contribution in [0.4, 0.5) is 0 Å². The molecular weight excluding hydrogens is 439 g/mol. The highest BCUT2D eigenvalue weighted by atomic mass is 127. The molecule has 0 amide bonds. The fourth-order valence-electron chi connectivity index (χ4n) is 2.87. The summed E-state index contributed by atoms with van der Waals surface area (Å²) >= 11 is 0. The first kappa shape index (κ1) is 20.1. The van der Waals surface area contributed by atoms with Gasteiger partial charge in [-0.2, -0.15) is 0 Å². The minimum atomic E-state index is 0. The average Bonchev–Trinajstić information content (AvgIpc) is 3.05. The van der Waals surface area contributed by atoms with Crippen molar-refractivity contribution >= 4 is 40.8 Å². The Balaban J connectivity index is 0.00000243. The Bertz CT molecular complexity index is 825. The number of aromatic amines is 1. The molecule has 0 saturated carbocycles. The number of methoxy groups -OCH3 is 1. The predicted molar refractivity (Wildman–Crippen MR) is 118 cm³/mol. The van der Waals surface area contributed by atoms with E-state index in [9.17, 15) is 0 Å². The second-order valence-corrected chi connectivity index (χ2v) is 5.99. The SMILES string of the molecule is CN=C(NCc1cc2ccccc2[nH]1)N(C)Cc1ccc(OC)cc1.I. The number of halogens is 1. The summed E-state index contributed by atoms with van der Waals surface area (Å²) in [6.45, 7) is 1.48. The number of aliphatic imine (C=N–C) groups is 1. The number of para-hydroxylation sites is 1. The van der Waals surface area contributed by atoms with Crippen molar-refractivity contribution in [3.8, 4) is 5.75 Å². The van der Waals surface area contributed by atoms with Crippen molar-refractivity contribution in [2.45, 2.75) is 13.1 Å². The van der Waals surface area contributed by atoms with E-state index in [4.69, 9.17) is 4.74 Å². The monoisotopic (exact) mass is 464 g/mol.